The number of halogens is 1. The summed E-state index contributed by atoms with van der Waals surface area (Å²) in [6, 6.07) is 6.17. The van der Waals surface area contributed by atoms with Gasteiger partial charge in [-0.1, -0.05) is 17.3 Å². The molecule has 0 radical (unpaired) electrons. The monoisotopic (exact) mass is 275 g/mol. The maximum Gasteiger partial charge on any atom is 0.230 e. The van der Waals surface area contributed by atoms with Crippen LogP contribution in [0.25, 0.3) is 21.7 Å². The van der Waals surface area contributed by atoms with Crippen molar-refractivity contribution in [2.75, 3.05) is 5.73 Å². The number of nitrogens with two attached hydrogens (primary N) is 1. The normalized spacial score (nSPS) is 10.8. The molecule has 0 atom stereocenters. The van der Waals surface area contributed by atoms with E-state index in [4.69, 9.17) is 10.3 Å². The summed E-state index contributed by atoms with van der Waals surface area (Å²) < 4.78 is 18.4. The van der Waals surface area contributed by atoms with Crippen molar-refractivity contribution in [1.82, 2.24) is 10.1 Å². The van der Waals surface area contributed by atoms with Crippen LogP contribution in [0.5, 0.6) is 0 Å². The molecule has 2 aromatic heterocycles. The highest BCUT2D eigenvalue weighted by molar-refractivity contribution is 7.15. The minimum Gasteiger partial charge on any atom is -0.367 e. The zero-order valence-corrected chi connectivity index (χ0v) is 10.9. The second-order valence-electron chi connectivity index (χ2n) is 4.02. The Hall–Kier alpha value is -2.21. The van der Waals surface area contributed by atoms with Gasteiger partial charge in [0.2, 0.25) is 5.88 Å². The molecular formula is C13H10FN3OS. The van der Waals surface area contributed by atoms with E-state index in [0.29, 0.717) is 16.8 Å². The molecule has 0 saturated heterocycles. The van der Waals surface area contributed by atoms with E-state index in [1.165, 1.54) is 23.5 Å². The molecule has 96 valence electrons. The largest absolute Gasteiger partial charge is 0.367 e. The van der Waals surface area contributed by atoms with Gasteiger partial charge in [0.05, 0.1) is 15.4 Å². The lowest BCUT2D eigenvalue weighted by molar-refractivity contribution is 0.439. The lowest BCUT2D eigenvalue weighted by Crippen LogP contribution is -1.87. The Kier molecular flexibility index (Phi) is 2.79. The van der Waals surface area contributed by atoms with E-state index >= 15 is 0 Å². The van der Waals surface area contributed by atoms with Crippen LogP contribution in [-0.4, -0.2) is 10.1 Å². The van der Waals surface area contributed by atoms with E-state index in [9.17, 15) is 4.39 Å². The first-order valence-corrected chi connectivity index (χ1v) is 6.40. The maximum atomic E-state index is 13.3. The molecule has 3 rings (SSSR count). The fourth-order valence-corrected chi connectivity index (χ4v) is 2.63. The third kappa shape index (κ3) is 2.10. The molecule has 0 saturated carbocycles. The number of hydrogen-bond donors (Lipinski definition) is 1. The molecular weight excluding hydrogens is 265 g/mol. The third-order valence-electron chi connectivity index (χ3n) is 2.69. The number of benzene rings is 1. The minimum atomic E-state index is -0.329. The van der Waals surface area contributed by atoms with Crippen LogP contribution in [0.3, 0.4) is 0 Å². The van der Waals surface area contributed by atoms with Crippen molar-refractivity contribution in [3.63, 3.8) is 0 Å². The van der Waals surface area contributed by atoms with Gasteiger partial charge in [0.25, 0.3) is 0 Å². The van der Waals surface area contributed by atoms with Crippen molar-refractivity contribution >= 4 is 17.2 Å². The molecule has 0 unspecified atom stereocenters. The third-order valence-corrected chi connectivity index (χ3v) is 3.61. The van der Waals surface area contributed by atoms with Crippen molar-refractivity contribution in [2.45, 2.75) is 6.92 Å². The van der Waals surface area contributed by atoms with Crippen molar-refractivity contribution in [1.29, 1.82) is 0 Å². The average Bonchev–Trinajstić information content (AvgIpc) is 2.95. The smallest absolute Gasteiger partial charge is 0.230 e. The first-order chi connectivity index (χ1) is 9.15. The van der Waals surface area contributed by atoms with E-state index in [0.717, 1.165) is 9.88 Å². The van der Waals surface area contributed by atoms with E-state index in [1.54, 1.807) is 18.3 Å². The molecule has 2 heterocycles. The van der Waals surface area contributed by atoms with Crippen LogP contribution in [0.15, 0.2) is 35.0 Å². The molecule has 6 heteroatoms. The van der Waals surface area contributed by atoms with Crippen LogP contribution in [0.1, 0.15) is 5.01 Å². The number of nitrogens with zero attached hydrogens (tertiary/aromatic N) is 2. The van der Waals surface area contributed by atoms with Gasteiger partial charge in [-0.25, -0.2) is 9.37 Å². The Morgan fingerprint density at radius 2 is 2.21 bits per heavy atom. The summed E-state index contributed by atoms with van der Waals surface area (Å²) in [5.41, 5.74) is 7.63. The summed E-state index contributed by atoms with van der Waals surface area (Å²) in [4.78, 5) is 5.02. The summed E-state index contributed by atoms with van der Waals surface area (Å²) in [6.07, 6.45) is 1.71. The predicted molar refractivity (Wildman–Crippen MR) is 72.2 cm³/mol. The number of aryl methyl sites for hydroxylation is 1. The van der Waals surface area contributed by atoms with E-state index in [1.807, 2.05) is 6.92 Å². The highest BCUT2D eigenvalue weighted by atomic mass is 32.1. The molecule has 1 aromatic carbocycles. The summed E-state index contributed by atoms with van der Waals surface area (Å²) >= 11 is 1.48. The van der Waals surface area contributed by atoms with Gasteiger partial charge in [-0.05, 0) is 24.6 Å². The molecule has 0 aliphatic rings. The van der Waals surface area contributed by atoms with Crippen LogP contribution in [0.2, 0.25) is 0 Å². The molecule has 4 nitrogen and oxygen atoms in total. The molecule has 0 aliphatic carbocycles. The first kappa shape index (κ1) is 11.9. The van der Waals surface area contributed by atoms with Gasteiger partial charge in [-0.2, -0.15) is 0 Å². The Morgan fingerprint density at radius 3 is 2.89 bits per heavy atom. The molecule has 0 amide bonds. The fourth-order valence-electron chi connectivity index (χ4n) is 1.86. The molecule has 0 spiro atoms. The van der Waals surface area contributed by atoms with Gasteiger partial charge in [0.1, 0.15) is 11.5 Å². The summed E-state index contributed by atoms with van der Waals surface area (Å²) in [5, 5.41) is 4.87. The molecule has 2 N–H and O–H groups in total. The minimum absolute atomic E-state index is 0.173. The number of aromatic nitrogens is 2. The Labute approximate surface area is 112 Å². The van der Waals surface area contributed by atoms with Gasteiger partial charge in [-0.15, -0.1) is 11.3 Å². The van der Waals surface area contributed by atoms with Crippen LogP contribution < -0.4 is 5.73 Å². The van der Waals surface area contributed by atoms with Crippen LogP contribution in [-0.2, 0) is 0 Å². The predicted octanol–water partition coefficient (Wildman–Crippen LogP) is 3.49. The Bertz CT molecular complexity index is 735. The van der Waals surface area contributed by atoms with E-state index in [-0.39, 0.29) is 11.7 Å². The molecule has 0 aliphatic heterocycles. The summed E-state index contributed by atoms with van der Waals surface area (Å²) in [7, 11) is 0. The zero-order valence-electron chi connectivity index (χ0n) is 10.1. The topological polar surface area (TPSA) is 64.9 Å². The van der Waals surface area contributed by atoms with E-state index < -0.39 is 0 Å². The summed E-state index contributed by atoms with van der Waals surface area (Å²) in [5.74, 6) is -0.156. The molecule has 3 aromatic rings. The van der Waals surface area contributed by atoms with Gasteiger partial charge in [0, 0.05) is 6.20 Å². The van der Waals surface area contributed by atoms with Crippen molar-refractivity contribution < 1.29 is 8.91 Å². The highest BCUT2D eigenvalue weighted by Gasteiger charge is 2.19. The van der Waals surface area contributed by atoms with Gasteiger partial charge < -0.3 is 10.3 Å². The van der Waals surface area contributed by atoms with Gasteiger partial charge in [0.15, 0.2) is 0 Å². The van der Waals surface area contributed by atoms with Crippen molar-refractivity contribution in [3.8, 4) is 21.7 Å². The van der Waals surface area contributed by atoms with Crippen molar-refractivity contribution in [3.05, 3.63) is 41.3 Å². The number of nitrogen functional groups attached to an aromatic ring is 1. The second-order valence-corrected chi connectivity index (χ2v) is 5.26. The average molecular weight is 275 g/mol. The van der Waals surface area contributed by atoms with Crippen LogP contribution in [0.4, 0.5) is 10.3 Å². The number of thiazole rings is 1. The number of rotatable bonds is 2. The summed E-state index contributed by atoms with van der Waals surface area (Å²) in [6.45, 7) is 1.90. The zero-order chi connectivity index (χ0) is 13.4. The number of hydrogen-bond acceptors (Lipinski definition) is 5. The van der Waals surface area contributed by atoms with Crippen LogP contribution in [0, 0.1) is 12.7 Å². The lowest BCUT2D eigenvalue weighted by Gasteiger charge is -2.00. The second kappa shape index (κ2) is 4.47. The standard InChI is InChI=1S/C13H10FN3OS/c1-7-16-6-10(19-7)12-11(13(15)18-17-12)8-3-2-4-9(14)5-8/h2-6H,15H2,1H3. The van der Waals surface area contributed by atoms with E-state index in [2.05, 4.69) is 10.1 Å². The highest BCUT2D eigenvalue weighted by Crippen LogP contribution is 2.38. The van der Waals surface area contributed by atoms with Crippen molar-refractivity contribution in [2.24, 2.45) is 0 Å². The maximum absolute atomic E-state index is 13.3. The Morgan fingerprint density at radius 1 is 1.37 bits per heavy atom. The Balaban J connectivity index is 2.19. The fraction of sp³-hybridized carbons (Fsp3) is 0.0769. The van der Waals surface area contributed by atoms with Gasteiger partial charge in [-0.3, -0.25) is 0 Å². The molecule has 19 heavy (non-hydrogen) atoms. The molecule has 0 bridgehead atoms. The lowest BCUT2D eigenvalue weighted by atomic mass is 10.1. The van der Waals surface area contributed by atoms with Crippen LogP contribution >= 0.6 is 11.3 Å². The quantitative estimate of drug-likeness (QED) is 0.777. The molecule has 0 fully saturated rings. The first-order valence-electron chi connectivity index (χ1n) is 5.59. The SMILES string of the molecule is Cc1ncc(-c2noc(N)c2-c2cccc(F)c2)s1. The number of anilines is 1. The van der Waals surface area contributed by atoms with Gasteiger partial charge >= 0.3 is 0 Å².